The summed E-state index contributed by atoms with van der Waals surface area (Å²) < 4.78 is 5.19. The average molecular weight is 405 g/mol. The van der Waals surface area contributed by atoms with E-state index in [-0.39, 0.29) is 11.8 Å². The fourth-order valence-corrected chi connectivity index (χ4v) is 3.64. The molecule has 0 radical (unpaired) electrons. The minimum atomic E-state index is -1.11. The van der Waals surface area contributed by atoms with Gasteiger partial charge in [-0.1, -0.05) is 29.8 Å². The molecule has 4 atom stereocenters. The van der Waals surface area contributed by atoms with E-state index >= 15 is 0 Å². The molecule has 8 heteroatoms. The number of nitrogens with zero attached hydrogens (tertiary/aromatic N) is 1. The lowest BCUT2D eigenvalue weighted by molar-refractivity contribution is -0.163. The fourth-order valence-electron chi connectivity index (χ4n) is 3.45. The molecule has 0 aromatic heterocycles. The molecule has 1 aromatic rings. The number of nitrogens with one attached hydrogen (secondary N) is 1. The first kappa shape index (κ1) is 20.1. The van der Waals surface area contributed by atoms with Crippen molar-refractivity contribution >= 4 is 41.0 Å². The molecule has 7 nitrogen and oxygen atoms in total. The number of likely N-dealkylation sites (tertiary alicyclic amines) is 1. The van der Waals surface area contributed by atoms with Gasteiger partial charge in [0.15, 0.2) is 6.10 Å². The van der Waals surface area contributed by atoms with Crippen molar-refractivity contribution in [3.63, 3.8) is 0 Å². The third kappa shape index (κ3) is 3.94. The van der Waals surface area contributed by atoms with Gasteiger partial charge in [0, 0.05) is 10.7 Å². The van der Waals surface area contributed by atoms with Crippen LogP contribution in [0, 0.1) is 11.8 Å². The van der Waals surface area contributed by atoms with Crippen LogP contribution in [0.5, 0.6) is 0 Å². The molecule has 0 spiro atoms. The van der Waals surface area contributed by atoms with E-state index in [1.807, 2.05) is 12.2 Å². The predicted octanol–water partition coefficient (Wildman–Crippen LogP) is 2.55. The lowest BCUT2D eigenvalue weighted by Crippen LogP contribution is -2.46. The van der Waals surface area contributed by atoms with Crippen LogP contribution in [0.25, 0.3) is 0 Å². The van der Waals surface area contributed by atoms with Crippen molar-refractivity contribution in [3.8, 4) is 0 Å². The molecule has 0 unspecified atom stereocenters. The quantitative estimate of drug-likeness (QED) is 0.462. The number of carbonyl (C=O) groups is 4. The van der Waals surface area contributed by atoms with Crippen molar-refractivity contribution in [1.29, 1.82) is 0 Å². The van der Waals surface area contributed by atoms with E-state index in [9.17, 15) is 19.2 Å². The molecule has 3 rings (SSSR count). The van der Waals surface area contributed by atoms with Gasteiger partial charge in [-0.25, -0.2) is 4.79 Å². The van der Waals surface area contributed by atoms with E-state index in [0.29, 0.717) is 23.6 Å². The molecule has 1 fully saturated rings. The van der Waals surface area contributed by atoms with Crippen LogP contribution in [0.3, 0.4) is 0 Å². The second-order valence-electron chi connectivity index (χ2n) is 6.96. The second-order valence-corrected chi connectivity index (χ2v) is 7.39. The Hall–Kier alpha value is -2.67. The Kier molecular flexibility index (Phi) is 5.84. The summed E-state index contributed by atoms with van der Waals surface area (Å²) >= 11 is 5.88. The van der Waals surface area contributed by atoms with E-state index in [1.165, 1.54) is 13.8 Å². The average Bonchev–Trinajstić information content (AvgIpc) is 2.92. The van der Waals surface area contributed by atoms with E-state index < -0.39 is 35.9 Å². The van der Waals surface area contributed by atoms with Crippen LogP contribution < -0.4 is 5.32 Å². The summed E-state index contributed by atoms with van der Waals surface area (Å²) in [6.45, 7) is 2.85. The fraction of sp³-hybridized carbons (Fsp3) is 0.400. The van der Waals surface area contributed by atoms with Crippen LogP contribution in [-0.4, -0.2) is 40.7 Å². The van der Waals surface area contributed by atoms with Crippen molar-refractivity contribution in [2.45, 2.75) is 38.8 Å². The third-order valence-electron chi connectivity index (χ3n) is 5.02. The standard InChI is InChI=1S/C20H21ClN2O5/c1-11(23-18(25)15-8-3-4-9-16(15)19(23)26)20(27)28-12(2)17(24)22-14-7-5-6-13(21)10-14/h3-7,10-12,15-16H,8-9H2,1-2H3,(H,22,24)/t11-,12-,15-,16+/m0/s1. The van der Waals surface area contributed by atoms with Crippen molar-refractivity contribution in [2.75, 3.05) is 5.32 Å². The first-order chi connectivity index (χ1) is 13.3. The number of hydrogen-bond acceptors (Lipinski definition) is 5. The summed E-state index contributed by atoms with van der Waals surface area (Å²) in [4.78, 5) is 50.8. The van der Waals surface area contributed by atoms with E-state index in [1.54, 1.807) is 24.3 Å². The summed E-state index contributed by atoms with van der Waals surface area (Å²) in [6.07, 6.45) is 3.63. The minimum Gasteiger partial charge on any atom is -0.451 e. The molecule has 1 saturated heterocycles. The Morgan fingerprint density at radius 1 is 1.14 bits per heavy atom. The van der Waals surface area contributed by atoms with Gasteiger partial charge in [-0.3, -0.25) is 19.3 Å². The number of halogens is 1. The normalized spacial score (nSPS) is 23.2. The molecule has 1 aliphatic carbocycles. The first-order valence-corrected chi connectivity index (χ1v) is 9.46. The number of ether oxygens (including phenoxy) is 1. The van der Waals surface area contributed by atoms with Gasteiger partial charge in [-0.15, -0.1) is 0 Å². The van der Waals surface area contributed by atoms with Crippen LogP contribution in [0.1, 0.15) is 26.7 Å². The highest BCUT2D eigenvalue weighted by molar-refractivity contribution is 6.30. The van der Waals surface area contributed by atoms with Crippen molar-refractivity contribution in [2.24, 2.45) is 11.8 Å². The number of rotatable bonds is 5. The smallest absolute Gasteiger partial charge is 0.329 e. The number of fused-ring (bicyclic) bond motifs is 1. The molecular weight excluding hydrogens is 384 g/mol. The summed E-state index contributed by atoms with van der Waals surface area (Å²) in [6, 6.07) is 5.47. The molecule has 3 amide bonds. The number of benzene rings is 1. The highest BCUT2D eigenvalue weighted by atomic mass is 35.5. The minimum absolute atomic E-state index is 0.361. The number of hydrogen-bond donors (Lipinski definition) is 1. The Bertz CT molecular complexity index is 827. The summed E-state index contributed by atoms with van der Waals surface area (Å²) in [5.74, 6) is -2.91. The van der Waals surface area contributed by atoms with Gasteiger partial charge >= 0.3 is 5.97 Å². The van der Waals surface area contributed by atoms with Gasteiger partial charge in [-0.2, -0.15) is 0 Å². The van der Waals surface area contributed by atoms with Gasteiger partial charge in [0.05, 0.1) is 11.8 Å². The molecule has 0 bridgehead atoms. The molecule has 0 saturated carbocycles. The topological polar surface area (TPSA) is 92.8 Å². The largest absolute Gasteiger partial charge is 0.451 e. The number of anilines is 1. The number of imide groups is 1. The predicted molar refractivity (Wildman–Crippen MR) is 102 cm³/mol. The first-order valence-electron chi connectivity index (χ1n) is 9.08. The maximum Gasteiger partial charge on any atom is 0.329 e. The summed E-state index contributed by atoms with van der Waals surface area (Å²) in [7, 11) is 0. The van der Waals surface area contributed by atoms with Crippen LogP contribution in [0.15, 0.2) is 36.4 Å². The maximum atomic E-state index is 12.6. The Balaban J connectivity index is 1.61. The monoisotopic (exact) mass is 404 g/mol. The molecule has 1 N–H and O–H groups in total. The van der Waals surface area contributed by atoms with Crippen molar-refractivity contribution in [3.05, 3.63) is 41.4 Å². The Labute approximate surface area is 167 Å². The molecular formula is C20H21ClN2O5. The van der Waals surface area contributed by atoms with E-state index in [2.05, 4.69) is 5.32 Å². The second kappa shape index (κ2) is 8.14. The zero-order valence-electron chi connectivity index (χ0n) is 15.6. The van der Waals surface area contributed by atoms with E-state index in [4.69, 9.17) is 16.3 Å². The molecule has 1 aliphatic heterocycles. The number of amides is 3. The SMILES string of the molecule is C[C@H](OC(=O)[C@H](C)N1C(=O)[C@H]2CC=CC[C@H]2C1=O)C(=O)Nc1cccc(Cl)c1. The van der Waals surface area contributed by atoms with Gasteiger partial charge in [0.1, 0.15) is 6.04 Å². The summed E-state index contributed by atoms with van der Waals surface area (Å²) in [5, 5.41) is 3.05. The highest BCUT2D eigenvalue weighted by Crippen LogP contribution is 2.36. The Morgan fingerprint density at radius 3 is 2.32 bits per heavy atom. The van der Waals surface area contributed by atoms with Crippen LogP contribution in [0.4, 0.5) is 5.69 Å². The lowest BCUT2D eigenvalue weighted by Gasteiger charge is -2.23. The molecule has 1 aromatic carbocycles. The van der Waals surface area contributed by atoms with E-state index in [0.717, 1.165) is 4.90 Å². The molecule has 148 valence electrons. The zero-order chi connectivity index (χ0) is 20.4. The molecule has 1 heterocycles. The van der Waals surface area contributed by atoms with Gasteiger partial charge < -0.3 is 10.1 Å². The summed E-state index contributed by atoms with van der Waals surface area (Å²) in [5.41, 5.74) is 0.468. The third-order valence-corrected chi connectivity index (χ3v) is 5.26. The van der Waals surface area contributed by atoms with Gasteiger partial charge in [0.25, 0.3) is 5.91 Å². The van der Waals surface area contributed by atoms with Crippen molar-refractivity contribution < 1.29 is 23.9 Å². The maximum absolute atomic E-state index is 12.6. The zero-order valence-corrected chi connectivity index (χ0v) is 16.3. The van der Waals surface area contributed by atoms with Crippen LogP contribution >= 0.6 is 11.6 Å². The highest BCUT2D eigenvalue weighted by Gasteiger charge is 2.50. The number of allylic oxidation sites excluding steroid dienone is 2. The van der Waals surface area contributed by atoms with Crippen LogP contribution in [-0.2, 0) is 23.9 Å². The molecule has 28 heavy (non-hydrogen) atoms. The van der Waals surface area contributed by atoms with Gasteiger partial charge in [-0.05, 0) is 44.9 Å². The number of carbonyl (C=O) groups excluding carboxylic acids is 4. The van der Waals surface area contributed by atoms with Crippen LogP contribution in [0.2, 0.25) is 5.02 Å². The van der Waals surface area contributed by atoms with Gasteiger partial charge in [0.2, 0.25) is 11.8 Å². The molecule has 2 aliphatic rings. The number of esters is 1. The lowest BCUT2D eigenvalue weighted by atomic mass is 9.85. The Morgan fingerprint density at radius 2 is 1.75 bits per heavy atom. The van der Waals surface area contributed by atoms with Crippen molar-refractivity contribution in [1.82, 2.24) is 4.90 Å².